The van der Waals surface area contributed by atoms with Crippen LogP contribution in [0.2, 0.25) is 0 Å². The molecule has 2 rings (SSSR count). The first-order valence-electron chi connectivity index (χ1n) is 5.71. The molecule has 0 amide bonds. The highest BCUT2D eigenvalue weighted by Crippen LogP contribution is 2.31. The minimum absolute atomic E-state index is 0.120. The summed E-state index contributed by atoms with van der Waals surface area (Å²) >= 11 is 0. The molecule has 1 fully saturated rings. The maximum Gasteiger partial charge on any atom is 0.277 e. The Labute approximate surface area is 99.0 Å². The van der Waals surface area contributed by atoms with Crippen LogP contribution in [0.3, 0.4) is 0 Å². The maximum atomic E-state index is 11.3. The minimum Gasteiger partial charge on any atom is -0.390 e. The van der Waals surface area contributed by atoms with Gasteiger partial charge >= 0.3 is 0 Å². The summed E-state index contributed by atoms with van der Waals surface area (Å²) in [4.78, 5) is 15.0. The number of nitrogens with zero attached hydrogens (tertiary/aromatic N) is 2. The molecule has 1 aliphatic rings. The quantitative estimate of drug-likeness (QED) is 0.769. The molecule has 1 aliphatic heterocycles. The fourth-order valence-electron chi connectivity index (χ4n) is 2.06. The van der Waals surface area contributed by atoms with E-state index in [-0.39, 0.29) is 23.8 Å². The molecule has 6 heteroatoms. The van der Waals surface area contributed by atoms with Crippen LogP contribution in [0.15, 0.2) is 11.0 Å². The topological polar surface area (TPSA) is 90.4 Å². The SMILES string of the molecule is CC[C@H]1O[C@@H](n2cc(C)c(=O)nc2N)C[C@H]1O. The summed E-state index contributed by atoms with van der Waals surface area (Å²) in [5.74, 6) is 0.120. The van der Waals surface area contributed by atoms with Crippen LogP contribution in [-0.4, -0.2) is 26.9 Å². The molecule has 6 nitrogen and oxygen atoms in total. The first-order valence-corrected chi connectivity index (χ1v) is 5.71. The van der Waals surface area contributed by atoms with Gasteiger partial charge in [0, 0.05) is 18.2 Å². The van der Waals surface area contributed by atoms with E-state index < -0.39 is 6.10 Å². The first kappa shape index (κ1) is 12.1. The first-order chi connectivity index (χ1) is 8.02. The van der Waals surface area contributed by atoms with Crippen molar-refractivity contribution in [2.75, 3.05) is 5.73 Å². The van der Waals surface area contributed by atoms with Crippen molar-refractivity contribution in [3.05, 3.63) is 22.1 Å². The molecule has 2 heterocycles. The van der Waals surface area contributed by atoms with E-state index in [1.165, 1.54) is 0 Å². The van der Waals surface area contributed by atoms with E-state index in [2.05, 4.69) is 4.98 Å². The van der Waals surface area contributed by atoms with E-state index in [0.717, 1.165) is 6.42 Å². The molecule has 0 radical (unpaired) electrons. The second-order valence-corrected chi connectivity index (χ2v) is 4.34. The molecule has 0 aromatic carbocycles. The fourth-order valence-corrected chi connectivity index (χ4v) is 2.06. The Morgan fingerprint density at radius 3 is 3.00 bits per heavy atom. The summed E-state index contributed by atoms with van der Waals surface area (Å²) in [6.45, 7) is 3.63. The molecule has 3 atom stereocenters. The van der Waals surface area contributed by atoms with Gasteiger partial charge in [0.1, 0.15) is 6.23 Å². The third-order valence-electron chi connectivity index (χ3n) is 3.07. The normalized spacial score (nSPS) is 28.5. The Bertz CT molecular complexity index is 472. The van der Waals surface area contributed by atoms with Gasteiger partial charge in [-0.1, -0.05) is 6.92 Å². The molecular weight excluding hydrogens is 222 g/mol. The van der Waals surface area contributed by atoms with Gasteiger partial charge in [-0.05, 0) is 13.3 Å². The average Bonchev–Trinajstić information content (AvgIpc) is 2.65. The lowest BCUT2D eigenvalue weighted by atomic mass is 10.1. The monoisotopic (exact) mass is 239 g/mol. The van der Waals surface area contributed by atoms with Crippen LogP contribution < -0.4 is 11.3 Å². The lowest BCUT2D eigenvalue weighted by Gasteiger charge is -2.17. The number of aryl methyl sites for hydroxylation is 1. The predicted octanol–water partition coefficient (Wildman–Crippen LogP) is 0.192. The molecule has 0 saturated carbocycles. The number of hydrogen-bond donors (Lipinski definition) is 2. The predicted molar refractivity (Wildman–Crippen MR) is 62.5 cm³/mol. The van der Waals surface area contributed by atoms with E-state index in [1.54, 1.807) is 17.7 Å². The Kier molecular flexibility index (Phi) is 3.17. The summed E-state index contributed by atoms with van der Waals surface area (Å²) in [7, 11) is 0. The van der Waals surface area contributed by atoms with Gasteiger partial charge in [0.25, 0.3) is 5.56 Å². The van der Waals surface area contributed by atoms with Crippen molar-refractivity contribution in [3.63, 3.8) is 0 Å². The molecule has 1 aromatic rings. The number of ether oxygens (including phenoxy) is 1. The summed E-state index contributed by atoms with van der Waals surface area (Å²) in [5.41, 5.74) is 5.87. The van der Waals surface area contributed by atoms with Gasteiger partial charge in [0.2, 0.25) is 5.95 Å². The number of aliphatic hydroxyl groups is 1. The third kappa shape index (κ3) is 2.18. The Hall–Kier alpha value is -1.40. The summed E-state index contributed by atoms with van der Waals surface area (Å²) in [6, 6.07) is 0. The highest BCUT2D eigenvalue weighted by molar-refractivity contribution is 5.21. The van der Waals surface area contributed by atoms with Gasteiger partial charge in [-0.2, -0.15) is 4.98 Å². The van der Waals surface area contributed by atoms with Crippen LogP contribution in [0.5, 0.6) is 0 Å². The van der Waals surface area contributed by atoms with Crippen molar-refractivity contribution in [2.24, 2.45) is 0 Å². The van der Waals surface area contributed by atoms with E-state index in [0.29, 0.717) is 12.0 Å². The fraction of sp³-hybridized carbons (Fsp3) is 0.636. The number of aromatic nitrogens is 2. The zero-order valence-electron chi connectivity index (χ0n) is 9.96. The summed E-state index contributed by atoms with van der Waals surface area (Å²) < 4.78 is 7.28. The number of nitrogen functional groups attached to an aromatic ring is 1. The largest absolute Gasteiger partial charge is 0.390 e. The molecule has 17 heavy (non-hydrogen) atoms. The lowest BCUT2D eigenvalue weighted by molar-refractivity contribution is -0.0194. The molecule has 94 valence electrons. The molecular formula is C11H17N3O3. The van der Waals surface area contributed by atoms with E-state index in [1.807, 2.05) is 6.92 Å². The van der Waals surface area contributed by atoms with Gasteiger partial charge < -0.3 is 15.6 Å². The van der Waals surface area contributed by atoms with Crippen molar-refractivity contribution < 1.29 is 9.84 Å². The van der Waals surface area contributed by atoms with E-state index >= 15 is 0 Å². The summed E-state index contributed by atoms with van der Waals surface area (Å²) in [6.07, 6.45) is 1.81. The average molecular weight is 239 g/mol. The van der Waals surface area contributed by atoms with Gasteiger partial charge in [0.15, 0.2) is 0 Å². The molecule has 0 bridgehead atoms. The summed E-state index contributed by atoms with van der Waals surface area (Å²) in [5, 5.41) is 9.77. The molecule has 3 N–H and O–H groups in total. The van der Waals surface area contributed by atoms with Crippen molar-refractivity contribution in [1.29, 1.82) is 0 Å². The Balaban J connectivity index is 2.30. The van der Waals surface area contributed by atoms with Crippen LogP contribution in [0.1, 0.15) is 31.6 Å². The van der Waals surface area contributed by atoms with Crippen molar-refractivity contribution in [3.8, 4) is 0 Å². The highest BCUT2D eigenvalue weighted by Gasteiger charge is 2.34. The molecule has 0 aliphatic carbocycles. The van der Waals surface area contributed by atoms with Gasteiger partial charge in [-0.3, -0.25) is 9.36 Å². The molecule has 1 saturated heterocycles. The number of nitrogens with two attached hydrogens (primary N) is 1. The van der Waals surface area contributed by atoms with Crippen molar-refractivity contribution in [1.82, 2.24) is 9.55 Å². The molecule has 0 unspecified atom stereocenters. The van der Waals surface area contributed by atoms with Crippen LogP contribution in [-0.2, 0) is 4.74 Å². The smallest absolute Gasteiger partial charge is 0.277 e. The highest BCUT2D eigenvalue weighted by atomic mass is 16.5. The number of aliphatic hydroxyl groups excluding tert-OH is 1. The van der Waals surface area contributed by atoms with Crippen LogP contribution in [0.4, 0.5) is 5.95 Å². The van der Waals surface area contributed by atoms with E-state index in [4.69, 9.17) is 10.5 Å². The number of rotatable bonds is 2. The van der Waals surface area contributed by atoms with Crippen LogP contribution in [0, 0.1) is 6.92 Å². The zero-order chi connectivity index (χ0) is 12.6. The third-order valence-corrected chi connectivity index (χ3v) is 3.07. The van der Waals surface area contributed by atoms with Crippen molar-refractivity contribution >= 4 is 5.95 Å². The van der Waals surface area contributed by atoms with E-state index in [9.17, 15) is 9.90 Å². The second kappa shape index (κ2) is 4.46. The van der Waals surface area contributed by atoms with Gasteiger partial charge in [-0.25, -0.2) is 0 Å². The lowest BCUT2D eigenvalue weighted by Crippen LogP contribution is -2.22. The Morgan fingerprint density at radius 1 is 1.71 bits per heavy atom. The number of anilines is 1. The Morgan fingerprint density at radius 2 is 2.41 bits per heavy atom. The van der Waals surface area contributed by atoms with Crippen molar-refractivity contribution in [2.45, 2.75) is 45.1 Å². The van der Waals surface area contributed by atoms with Crippen LogP contribution in [0.25, 0.3) is 0 Å². The molecule has 0 spiro atoms. The van der Waals surface area contributed by atoms with Gasteiger partial charge in [-0.15, -0.1) is 0 Å². The van der Waals surface area contributed by atoms with Crippen LogP contribution >= 0.6 is 0 Å². The second-order valence-electron chi connectivity index (χ2n) is 4.34. The standard InChI is InChI=1S/C11H17N3O3/c1-3-8-7(15)4-9(17-8)14-5-6(2)10(16)13-11(14)12/h5,7-9,15H,3-4H2,1-2H3,(H2,12,13,16)/t7-,8-,9-/m1/s1. The van der Waals surface area contributed by atoms with Gasteiger partial charge in [0.05, 0.1) is 12.2 Å². The molecule has 1 aromatic heterocycles. The minimum atomic E-state index is -0.496. The maximum absolute atomic E-state index is 11.3. The zero-order valence-corrected chi connectivity index (χ0v) is 9.96. The number of hydrogen-bond acceptors (Lipinski definition) is 5.